The second-order valence-corrected chi connectivity index (χ2v) is 5.08. The van der Waals surface area contributed by atoms with E-state index in [1.165, 1.54) is 6.07 Å². The topological polar surface area (TPSA) is 25.8 Å². The SMILES string of the molecule is CCc1c(C)nc(Cc2cccc(C(F)(F)F)c2)nc1Cl. The predicted octanol–water partition coefficient (Wildman–Crippen LogP) is 4.61. The lowest BCUT2D eigenvalue weighted by molar-refractivity contribution is -0.137. The predicted molar refractivity (Wildman–Crippen MR) is 75.4 cm³/mol. The van der Waals surface area contributed by atoms with E-state index >= 15 is 0 Å². The van der Waals surface area contributed by atoms with Crippen LogP contribution in [0.1, 0.15) is 35.1 Å². The van der Waals surface area contributed by atoms with Crippen molar-refractivity contribution in [1.29, 1.82) is 0 Å². The van der Waals surface area contributed by atoms with Crippen molar-refractivity contribution in [3.8, 4) is 0 Å². The molecule has 21 heavy (non-hydrogen) atoms. The van der Waals surface area contributed by atoms with Crippen LogP contribution in [0.3, 0.4) is 0 Å². The number of halogens is 4. The van der Waals surface area contributed by atoms with E-state index < -0.39 is 11.7 Å². The lowest BCUT2D eigenvalue weighted by Crippen LogP contribution is -2.07. The van der Waals surface area contributed by atoms with Gasteiger partial charge in [0.25, 0.3) is 0 Å². The van der Waals surface area contributed by atoms with Gasteiger partial charge in [-0.1, -0.05) is 36.7 Å². The zero-order chi connectivity index (χ0) is 15.6. The zero-order valence-corrected chi connectivity index (χ0v) is 12.4. The Kier molecular flexibility index (Phi) is 4.52. The van der Waals surface area contributed by atoms with Gasteiger partial charge in [-0.05, 0) is 25.0 Å². The largest absolute Gasteiger partial charge is 0.416 e. The summed E-state index contributed by atoms with van der Waals surface area (Å²) in [5.74, 6) is 0.425. The molecule has 0 bridgehead atoms. The molecular formula is C15H14ClF3N2. The van der Waals surface area contributed by atoms with Gasteiger partial charge in [0.1, 0.15) is 11.0 Å². The van der Waals surface area contributed by atoms with Crippen LogP contribution >= 0.6 is 11.6 Å². The average molecular weight is 315 g/mol. The summed E-state index contributed by atoms with van der Waals surface area (Å²) in [4.78, 5) is 8.48. The van der Waals surface area contributed by atoms with Crippen LogP contribution in [0.5, 0.6) is 0 Å². The first-order valence-corrected chi connectivity index (χ1v) is 6.87. The zero-order valence-electron chi connectivity index (χ0n) is 11.6. The highest BCUT2D eigenvalue weighted by Gasteiger charge is 2.30. The van der Waals surface area contributed by atoms with Gasteiger partial charge in [0.05, 0.1) is 5.56 Å². The summed E-state index contributed by atoms with van der Waals surface area (Å²) < 4.78 is 38.0. The molecule has 0 aliphatic carbocycles. The monoisotopic (exact) mass is 314 g/mol. The van der Waals surface area contributed by atoms with Gasteiger partial charge in [-0.2, -0.15) is 13.2 Å². The van der Waals surface area contributed by atoms with E-state index in [1.54, 1.807) is 6.07 Å². The fraction of sp³-hybridized carbons (Fsp3) is 0.333. The summed E-state index contributed by atoms with van der Waals surface area (Å²) in [7, 11) is 0. The van der Waals surface area contributed by atoms with Gasteiger partial charge >= 0.3 is 6.18 Å². The van der Waals surface area contributed by atoms with Crippen LogP contribution in [-0.4, -0.2) is 9.97 Å². The molecular weight excluding hydrogens is 301 g/mol. The van der Waals surface area contributed by atoms with Crippen molar-refractivity contribution in [1.82, 2.24) is 9.97 Å². The molecule has 2 rings (SSSR count). The molecule has 0 atom stereocenters. The van der Waals surface area contributed by atoms with Crippen molar-refractivity contribution in [3.05, 3.63) is 57.6 Å². The first-order valence-electron chi connectivity index (χ1n) is 6.49. The van der Waals surface area contributed by atoms with E-state index in [9.17, 15) is 13.2 Å². The maximum absolute atomic E-state index is 12.7. The van der Waals surface area contributed by atoms with Crippen LogP contribution in [0, 0.1) is 6.92 Å². The molecule has 0 radical (unpaired) electrons. The van der Waals surface area contributed by atoms with Gasteiger partial charge in [-0.15, -0.1) is 0 Å². The normalized spacial score (nSPS) is 11.7. The summed E-state index contributed by atoms with van der Waals surface area (Å²) in [5.41, 5.74) is 1.46. The minimum Gasteiger partial charge on any atom is -0.237 e. The summed E-state index contributed by atoms with van der Waals surface area (Å²) in [5, 5.41) is 0.368. The summed E-state index contributed by atoms with van der Waals surface area (Å²) in [6, 6.07) is 5.16. The molecule has 0 saturated heterocycles. The second kappa shape index (κ2) is 6.02. The Labute approximate surface area is 126 Å². The molecule has 1 aromatic heterocycles. The first kappa shape index (κ1) is 15.8. The van der Waals surface area contributed by atoms with Crippen LogP contribution in [0.15, 0.2) is 24.3 Å². The van der Waals surface area contributed by atoms with Crippen molar-refractivity contribution < 1.29 is 13.2 Å². The molecule has 0 unspecified atom stereocenters. The van der Waals surface area contributed by atoms with Crippen LogP contribution in [0.4, 0.5) is 13.2 Å². The Morgan fingerprint density at radius 2 is 1.90 bits per heavy atom. The number of nitrogens with zero attached hydrogens (tertiary/aromatic N) is 2. The van der Waals surface area contributed by atoms with Crippen molar-refractivity contribution in [2.45, 2.75) is 32.9 Å². The fourth-order valence-electron chi connectivity index (χ4n) is 2.14. The molecule has 0 aliphatic rings. The van der Waals surface area contributed by atoms with Gasteiger partial charge in [0, 0.05) is 17.7 Å². The molecule has 2 aromatic rings. The van der Waals surface area contributed by atoms with Crippen LogP contribution in [0.25, 0.3) is 0 Å². The smallest absolute Gasteiger partial charge is 0.237 e. The Bertz CT molecular complexity index is 631. The maximum Gasteiger partial charge on any atom is 0.416 e. The number of hydrogen-bond acceptors (Lipinski definition) is 2. The Morgan fingerprint density at radius 1 is 1.19 bits per heavy atom. The highest BCUT2D eigenvalue weighted by molar-refractivity contribution is 6.30. The lowest BCUT2D eigenvalue weighted by Gasteiger charge is -2.10. The fourth-order valence-corrected chi connectivity index (χ4v) is 2.51. The molecule has 1 heterocycles. The third kappa shape index (κ3) is 3.73. The number of rotatable bonds is 3. The Hall–Kier alpha value is -1.62. The van der Waals surface area contributed by atoms with Gasteiger partial charge in [-0.25, -0.2) is 9.97 Å². The summed E-state index contributed by atoms with van der Waals surface area (Å²) >= 11 is 6.07. The number of aromatic nitrogens is 2. The van der Waals surface area contributed by atoms with Crippen molar-refractivity contribution in [3.63, 3.8) is 0 Å². The van der Waals surface area contributed by atoms with E-state index in [2.05, 4.69) is 9.97 Å². The van der Waals surface area contributed by atoms with E-state index in [-0.39, 0.29) is 6.42 Å². The third-order valence-electron chi connectivity index (χ3n) is 3.18. The van der Waals surface area contributed by atoms with Gasteiger partial charge in [0.15, 0.2) is 0 Å². The first-order chi connectivity index (χ1) is 9.81. The van der Waals surface area contributed by atoms with Crippen molar-refractivity contribution in [2.24, 2.45) is 0 Å². The summed E-state index contributed by atoms with van der Waals surface area (Å²) in [6.45, 7) is 3.77. The van der Waals surface area contributed by atoms with Crippen molar-refractivity contribution >= 4 is 11.6 Å². The molecule has 1 aromatic carbocycles. The molecule has 2 nitrogen and oxygen atoms in total. The van der Waals surface area contributed by atoms with Gasteiger partial charge in [-0.3, -0.25) is 0 Å². The second-order valence-electron chi connectivity index (χ2n) is 4.72. The third-order valence-corrected chi connectivity index (χ3v) is 3.49. The lowest BCUT2D eigenvalue weighted by atomic mass is 10.1. The number of hydrogen-bond donors (Lipinski definition) is 0. The highest BCUT2D eigenvalue weighted by atomic mass is 35.5. The minimum atomic E-state index is -4.35. The molecule has 0 spiro atoms. The maximum atomic E-state index is 12.7. The van der Waals surface area contributed by atoms with Crippen LogP contribution in [-0.2, 0) is 19.0 Å². The minimum absolute atomic E-state index is 0.217. The standard InChI is InChI=1S/C15H14ClF3N2/c1-3-12-9(2)20-13(21-14(12)16)8-10-5-4-6-11(7-10)15(17,18)19/h4-7H,3,8H2,1-2H3. The highest BCUT2D eigenvalue weighted by Crippen LogP contribution is 2.30. The van der Waals surface area contributed by atoms with Gasteiger partial charge in [0.2, 0.25) is 0 Å². The van der Waals surface area contributed by atoms with E-state index in [1.807, 2.05) is 13.8 Å². The number of aryl methyl sites for hydroxylation is 1. The Morgan fingerprint density at radius 3 is 2.48 bits per heavy atom. The van der Waals surface area contributed by atoms with Crippen molar-refractivity contribution in [2.75, 3.05) is 0 Å². The molecule has 0 fully saturated rings. The van der Waals surface area contributed by atoms with E-state index in [4.69, 9.17) is 11.6 Å². The van der Waals surface area contributed by atoms with E-state index in [0.717, 1.165) is 23.4 Å². The van der Waals surface area contributed by atoms with E-state index in [0.29, 0.717) is 23.0 Å². The van der Waals surface area contributed by atoms with Gasteiger partial charge < -0.3 is 0 Å². The molecule has 0 amide bonds. The van der Waals surface area contributed by atoms with Crippen LogP contribution < -0.4 is 0 Å². The molecule has 0 saturated carbocycles. The molecule has 112 valence electrons. The number of benzene rings is 1. The molecule has 0 aliphatic heterocycles. The van der Waals surface area contributed by atoms with Crippen LogP contribution in [0.2, 0.25) is 5.15 Å². The molecule has 6 heteroatoms. The number of alkyl halides is 3. The summed E-state index contributed by atoms with van der Waals surface area (Å²) in [6.07, 6.45) is -3.42. The Balaban J connectivity index is 2.31. The quantitative estimate of drug-likeness (QED) is 0.773. The average Bonchev–Trinajstić information content (AvgIpc) is 2.37. The molecule has 0 N–H and O–H groups in total.